The Hall–Kier alpha value is -0.500. The zero-order valence-corrected chi connectivity index (χ0v) is 11.4. The Labute approximate surface area is 106 Å². The molecule has 2 heteroatoms. The van der Waals surface area contributed by atoms with Crippen molar-refractivity contribution in [2.24, 2.45) is 5.92 Å². The first-order valence-electron chi connectivity index (χ1n) is 6.05. The van der Waals surface area contributed by atoms with Crippen molar-refractivity contribution in [2.45, 2.75) is 31.6 Å². The Morgan fingerprint density at radius 1 is 1.31 bits per heavy atom. The molecule has 1 fully saturated rings. The lowest BCUT2D eigenvalue weighted by atomic mass is 9.86. The van der Waals surface area contributed by atoms with Crippen molar-refractivity contribution in [1.82, 2.24) is 0 Å². The molecule has 1 atom stereocenters. The van der Waals surface area contributed by atoms with Gasteiger partial charge in [-0.3, -0.25) is 0 Å². The summed E-state index contributed by atoms with van der Waals surface area (Å²) in [5.41, 5.74) is 1.37. The molecule has 0 heterocycles. The van der Waals surface area contributed by atoms with Crippen LogP contribution < -0.4 is 4.74 Å². The molecule has 1 nitrogen and oxygen atoms in total. The molecule has 1 unspecified atom stereocenters. The van der Waals surface area contributed by atoms with Crippen LogP contribution in [-0.4, -0.2) is 12.4 Å². The summed E-state index contributed by atoms with van der Waals surface area (Å²) in [6.45, 7) is 0. The van der Waals surface area contributed by atoms with Gasteiger partial charge in [0.25, 0.3) is 0 Å². The lowest BCUT2D eigenvalue weighted by molar-refractivity contribution is 0.392. The molecule has 0 amide bonds. The number of methoxy groups -OCH3 is 1. The molecule has 1 aromatic carbocycles. The fourth-order valence-electron chi connectivity index (χ4n) is 2.80. The second kappa shape index (κ2) is 5.72. The molecule has 0 N–H and O–H groups in total. The fraction of sp³-hybridized carbons (Fsp3) is 0.571. The van der Waals surface area contributed by atoms with E-state index in [1.807, 2.05) is 6.07 Å². The van der Waals surface area contributed by atoms with E-state index in [4.69, 9.17) is 4.74 Å². The maximum atomic E-state index is 5.47. The standard InChI is InChI=1S/C14H19BrO/c1-16-14-9-5-4-8-12(14)13(10-15)11-6-2-3-7-11/h4-5,8-9,11,13H,2-3,6-7,10H2,1H3. The van der Waals surface area contributed by atoms with Crippen LogP contribution >= 0.6 is 15.9 Å². The first-order chi connectivity index (χ1) is 7.86. The molecular weight excluding hydrogens is 264 g/mol. The van der Waals surface area contributed by atoms with Gasteiger partial charge in [0.05, 0.1) is 7.11 Å². The van der Waals surface area contributed by atoms with E-state index in [0.717, 1.165) is 17.0 Å². The van der Waals surface area contributed by atoms with Crippen molar-refractivity contribution in [2.75, 3.05) is 12.4 Å². The molecule has 1 saturated carbocycles. The number of alkyl halides is 1. The van der Waals surface area contributed by atoms with Crippen LogP contribution in [0.2, 0.25) is 0 Å². The minimum atomic E-state index is 0.610. The summed E-state index contributed by atoms with van der Waals surface area (Å²) in [6.07, 6.45) is 5.52. The van der Waals surface area contributed by atoms with Crippen LogP contribution in [-0.2, 0) is 0 Å². The molecule has 0 radical (unpaired) electrons. The second-order valence-electron chi connectivity index (χ2n) is 4.55. The van der Waals surface area contributed by atoms with Gasteiger partial charge in [-0.15, -0.1) is 0 Å². The van der Waals surface area contributed by atoms with Crippen molar-refractivity contribution < 1.29 is 4.74 Å². The Morgan fingerprint density at radius 3 is 2.62 bits per heavy atom. The smallest absolute Gasteiger partial charge is 0.122 e. The van der Waals surface area contributed by atoms with Crippen LogP contribution in [0.3, 0.4) is 0 Å². The number of rotatable bonds is 4. The van der Waals surface area contributed by atoms with Crippen molar-refractivity contribution >= 4 is 15.9 Å². The van der Waals surface area contributed by atoms with Gasteiger partial charge >= 0.3 is 0 Å². The zero-order chi connectivity index (χ0) is 11.4. The van der Waals surface area contributed by atoms with Crippen LogP contribution in [0.25, 0.3) is 0 Å². The number of hydrogen-bond donors (Lipinski definition) is 0. The van der Waals surface area contributed by atoms with E-state index >= 15 is 0 Å². The predicted molar refractivity (Wildman–Crippen MR) is 71.5 cm³/mol. The highest BCUT2D eigenvalue weighted by Gasteiger charge is 2.27. The average Bonchev–Trinajstić information content (AvgIpc) is 2.84. The number of ether oxygens (including phenoxy) is 1. The summed E-state index contributed by atoms with van der Waals surface area (Å²) >= 11 is 3.67. The number of benzene rings is 1. The normalized spacial score (nSPS) is 18.6. The number of para-hydroxylation sites is 1. The summed E-state index contributed by atoms with van der Waals surface area (Å²) in [7, 11) is 1.76. The van der Waals surface area contributed by atoms with E-state index in [9.17, 15) is 0 Å². The lowest BCUT2D eigenvalue weighted by Gasteiger charge is -2.23. The van der Waals surface area contributed by atoms with Crippen LogP contribution in [0, 0.1) is 5.92 Å². The molecule has 0 saturated heterocycles. The highest BCUT2D eigenvalue weighted by Crippen LogP contribution is 2.41. The summed E-state index contributed by atoms with van der Waals surface area (Å²) < 4.78 is 5.47. The number of halogens is 1. The van der Waals surface area contributed by atoms with E-state index in [0.29, 0.717) is 5.92 Å². The molecule has 1 aliphatic rings. The van der Waals surface area contributed by atoms with Gasteiger partial charge in [0.15, 0.2) is 0 Å². The fourth-order valence-corrected chi connectivity index (χ4v) is 3.67. The van der Waals surface area contributed by atoms with Gasteiger partial charge in [0.2, 0.25) is 0 Å². The lowest BCUT2D eigenvalue weighted by Crippen LogP contribution is -2.12. The van der Waals surface area contributed by atoms with Crippen molar-refractivity contribution in [3.05, 3.63) is 29.8 Å². The van der Waals surface area contributed by atoms with Gasteiger partial charge in [0, 0.05) is 11.2 Å². The summed E-state index contributed by atoms with van der Waals surface area (Å²) in [6, 6.07) is 8.44. The quantitative estimate of drug-likeness (QED) is 0.746. The number of hydrogen-bond acceptors (Lipinski definition) is 1. The van der Waals surface area contributed by atoms with Crippen LogP contribution in [0.15, 0.2) is 24.3 Å². The van der Waals surface area contributed by atoms with Crippen molar-refractivity contribution in [3.8, 4) is 5.75 Å². The Kier molecular flexibility index (Phi) is 4.28. The van der Waals surface area contributed by atoms with Gasteiger partial charge in [0.1, 0.15) is 5.75 Å². The Bertz CT molecular complexity index is 331. The maximum absolute atomic E-state index is 5.47. The first-order valence-corrected chi connectivity index (χ1v) is 7.18. The van der Waals surface area contributed by atoms with Crippen LogP contribution in [0.5, 0.6) is 5.75 Å². The van der Waals surface area contributed by atoms with Crippen LogP contribution in [0.4, 0.5) is 0 Å². The molecular formula is C14H19BrO. The molecule has 2 rings (SSSR count). The zero-order valence-electron chi connectivity index (χ0n) is 9.79. The highest BCUT2D eigenvalue weighted by molar-refractivity contribution is 9.09. The summed E-state index contributed by atoms with van der Waals surface area (Å²) in [5.74, 6) is 2.48. The van der Waals surface area contributed by atoms with E-state index in [-0.39, 0.29) is 0 Å². The third-order valence-corrected chi connectivity index (χ3v) is 4.37. The Balaban J connectivity index is 2.24. The molecule has 0 aromatic heterocycles. The van der Waals surface area contributed by atoms with E-state index in [2.05, 4.69) is 34.1 Å². The summed E-state index contributed by atoms with van der Waals surface area (Å²) in [5, 5.41) is 1.04. The van der Waals surface area contributed by atoms with Gasteiger partial charge in [-0.25, -0.2) is 0 Å². The SMILES string of the molecule is COc1ccccc1C(CBr)C1CCCC1. The van der Waals surface area contributed by atoms with Gasteiger partial charge in [-0.05, 0) is 30.4 Å². The van der Waals surface area contributed by atoms with Crippen LogP contribution in [0.1, 0.15) is 37.2 Å². The molecule has 88 valence electrons. The topological polar surface area (TPSA) is 9.23 Å². The maximum Gasteiger partial charge on any atom is 0.122 e. The van der Waals surface area contributed by atoms with Crippen molar-refractivity contribution in [3.63, 3.8) is 0 Å². The van der Waals surface area contributed by atoms with E-state index in [1.165, 1.54) is 31.2 Å². The minimum absolute atomic E-state index is 0.610. The average molecular weight is 283 g/mol. The molecule has 16 heavy (non-hydrogen) atoms. The Morgan fingerprint density at radius 2 is 2.00 bits per heavy atom. The van der Waals surface area contributed by atoms with Gasteiger partial charge < -0.3 is 4.74 Å². The highest BCUT2D eigenvalue weighted by atomic mass is 79.9. The van der Waals surface area contributed by atoms with E-state index in [1.54, 1.807) is 7.11 Å². The third kappa shape index (κ3) is 2.42. The minimum Gasteiger partial charge on any atom is -0.496 e. The van der Waals surface area contributed by atoms with Gasteiger partial charge in [-0.1, -0.05) is 47.0 Å². The van der Waals surface area contributed by atoms with E-state index < -0.39 is 0 Å². The second-order valence-corrected chi connectivity index (χ2v) is 5.19. The molecule has 0 bridgehead atoms. The predicted octanol–water partition coefficient (Wildman–Crippen LogP) is 4.36. The third-order valence-electron chi connectivity index (χ3n) is 3.67. The largest absolute Gasteiger partial charge is 0.496 e. The monoisotopic (exact) mass is 282 g/mol. The molecule has 1 aromatic rings. The first kappa shape index (κ1) is 12.0. The summed E-state index contributed by atoms with van der Waals surface area (Å²) in [4.78, 5) is 0. The van der Waals surface area contributed by atoms with Crippen molar-refractivity contribution in [1.29, 1.82) is 0 Å². The molecule has 0 spiro atoms. The molecule has 1 aliphatic carbocycles. The van der Waals surface area contributed by atoms with Gasteiger partial charge in [-0.2, -0.15) is 0 Å². The molecule has 0 aliphatic heterocycles.